The van der Waals surface area contributed by atoms with Crippen LogP contribution in [0.2, 0.25) is 0 Å². The van der Waals surface area contributed by atoms with Crippen LogP contribution in [0.4, 0.5) is 0 Å². The standard InChI is InChI=1S/C7H6N2S/c1-2-7(10-3-1)6-4-8-9-5-6/h1-5H,(H,8,9). The van der Waals surface area contributed by atoms with Crippen molar-refractivity contribution in [3.05, 3.63) is 29.9 Å². The van der Waals surface area contributed by atoms with Crippen molar-refractivity contribution in [3.8, 4) is 10.4 Å². The van der Waals surface area contributed by atoms with Crippen LogP contribution in [0.15, 0.2) is 29.9 Å². The molecule has 0 radical (unpaired) electrons. The third-order valence-corrected chi connectivity index (χ3v) is 2.22. The fourth-order valence-electron chi connectivity index (χ4n) is 0.828. The highest BCUT2D eigenvalue weighted by Crippen LogP contribution is 2.22. The Hall–Kier alpha value is -1.09. The third-order valence-electron chi connectivity index (χ3n) is 1.30. The molecule has 0 aliphatic heterocycles. The molecule has 3 heteroatoms. The SMILES string of the molecule is c1csc(-c2cn[nH]c2)c1. The van der Waals surface area contributed by atoms with Crippen molar-refractivity contribution in [2.75, 3.05) is 0 Å². The maximum Gasteiger partial charge on any atom is 0.0573 e. The molecule has 0 atom stereocenters. The summed E-state index contributed by atoms with van der Waals surface area (Å²) in [6.45, 7) is 0. The molecule has 2 nitrogen and oxygen atoms in total. The summed E-state index contributed by atoms with van der Waals surface area (Å²) in [5.41, 5.74) is 1.16. The zero-order valence-corrected chi connectivity index (χ0v) is 6.06. The van der Waals surface area contributed by atoms with Gasteiger partial charge in [-0.1, -0.05) is 6.07 Å². The molecule has 2 rings (SSSR count). The van der Waals surface area contributed by atoms with Gasteiger partial charge in [-0.05, 0) is 11.4 Å². The van der Waals surface area contributed by atoms with E-state index in [1.165, 1.54) is 4.88 Å². The van der Waals surface area contributed by atoms with E-state index in [4.69, 9.17) is 0 Å². The molecule has 1 N–H and O–H groups in total. The molecular formula is C7H6N2S. The molecule has 2 aromatic rings. The number of hydrogen-bond donors (Lipinski definition) is 1. The number of aromatic nitrogens is 2. The monoisotopic (exact) mass is 150 g/mol. The van der Waals surface area contributed by atoms with Gasteiger partial charge in [0.05, 0.1) is 6.20 Å². The molecule has 0 bridgehead atoms. The second kappa shape index (κ2) is 2.27. The van der Waals surface area contributed by atoms with E-state index in [0.29, 0.717) is 0 Å². The minimum atomic E-state index is 1.16. The van der Waals surface area contributed by atoms with Gasteiger partial charge in [-0.25, -0.2) is 0 Å². The van der Waals surface area contributed by atoms with Gasteiger partial charge in [-0.3, -0.25) is 5.10 Å². The Bertz CT molecular complexity index is 251. The molecule has 0 aliphatic carbocycles. The van der Waals surface area contributed by atoms with Crippen LogP contribution >= 0.6 is 11.3 Å². The molecule has 10 heavy (non-hydrogen) atoms. The van der Waals surface area contributed by atoms with Crippen LogP contribution in [0, 0.1) is 0 Å². The van der Waals surface area contributed by atoms with Gasteiger partial charge in [0.1, 0.15) is 0 Å². The Morgan fingerprint density at radius 2 is 2.50 bits per heavy atom. The van der Waals surface area contributed by atoms with Gasteiger partial charge in [0.25, 0.3) is 0 Å². The van der Waals surface area contributed by atoms with E-state index < -0.39 is 0 Å². The van der Waals surface area contributed by atoms with Crippen LogP contribution in [-0.2, 0) is 0 Å². The van der Waals surface area contributed by atoms with E-state index in [2.05, 4.69) is 21.6 Å². The predicted octanol–water partition coefficient (Wildman–Crippen LogP) is 2.14. The maximum absolute atomic E-state index is 3.86. The number of rotatable bonds is 1. The Kier molecular flexibility index (Phi) is 1.29. The first-order valence-corrected chi connectivity index (χ1v) is 3.87. The first-order valence-electron chi connectivity index (χ1n) is 2.99. The zero-order chi connectivity index (χ0) is 6.81. The van der Waals surface area contributed by atoms with Gasteiger partial charge >= 0.3 is 0 Å². The highest BCUT2D eigenvalue weighted by atomic mass is 32.1. The molecule has 2 aromatic heterocycles. The predicted molar refractivity (Wildman–Crippen MR) is 41.9 cm³/mol. The largest absolute Gasteiger partial charge is 0.285 e. The Balaban J connectivity index is 2.48. The van der Waals surface area contributed by atoms with Gasteiger partial charge in [0, 0.05) is 16.6 Å². The molecule has 2 heterocycles. The molecule has 50 valence electrons. The topological polar surface area (TPSA) is 28.7 Å². The molecule has 0 fully saturated rings. The summed E-state index contributed by atoms with van der Waals surface area (Å²) in [6, 6.07) is 4.11. The molecule has 0 spiro atoms. The van der Waals surface area contributed by atoms with Crippen LogP contribution in [0.1, 0.15) is 0 Å². The normalized spacial score (nSPS) is 10.0. The second-order valence-corrected chi connectivity index (χ2v) is 2.91. The van der Waals surface area contributed by atoms with Crippen molar-refractivity contribution in [1.82, 2.24) is 10.2 Å². The molecule has 0 aromatic carbocycles. The fourth-order valence-corrected chi connectivity index (χ4v) is 1.54. The van der Waals surface area contributed by atoms with Crippen molar-refractivity contribution in [2.45, 2.75) is 0 Å². The number of hydrogen-bond acceptors (Lipinski definition) is 2. The van der Waals surface area contributed by atoms with E-state index >= 15 is 0 Å². The van der Waals surface area contributed by atoms with Gasteiger partial charge in [-0.15, -0.1) is 11.3 Å². The minimum absolute atomic E-state index is 1.16. The van der Waals surface area contributed by atoms with E-state index in [-0.39, 0.29) is 0 Å². The lowest BCUT2D eigenvalue weighted by molar-refractivity contribution is 1.09. The molecule has 0 aliphatic rings. The first-order chi connectivity index (χ1) is 4.97. The summed E-state index contributed by atoms with van der Waals surface area (Å²) in [7, 11) is 0. The average molecular weight is 150 g/mol. The van der Waals surface area contributed by atoms with Crippen molar-refractivity contribution in [1.29, 1.82) is 0 Å². The summed E-state index contributed by atoms with van der Waals surface area (Å²) in [5, 5.41) is 8.69. The lowest BCUT2D eigenvalue weighted by Gasteiger charge is -1.83. The van der Waals surface area contributed by atoms with E-state index in [9.17, 15) is 0 Å². The zero-order valence-electron chi connectivity index (χ0n) is 5.24. The quantitative estimate of drug-likeness (QED) is 0.662. The maximum atomic E-state index is 3.86. The molecule has 0 saturated heterocycles. The fraction of sp³-hybridized carbons (Fsp3) is 0. The van der Waals surface area contributed by atoms with E-state index in [0.717, 1.165) is 5.56 Å². The third kappa shape index (κ3) is 0.844. The molecular weight excluding hydrogens is 144 g/mol. The summed E-state index contributed by atoms with van der Waals surface area (Å²) in [6.07, 6.45) is 3.72. The summed E-state index contributed by atoms with van der Waals surface area (Å²) < 4.78 is 0. The summed E-state index contributed by atoms with van der Waals surface area (Å²) >= 11 is 1.72. The average Bonchev–Trinajstić information content (AvgIpc) is 2.59. The number of nitrogens with zero attached hydrogens (tertiary/aromatic N) is 1. The van der Waals surface area contributed by atoms with Gasteiger partial charge in [-0.2, -0.15) is 5.10 Å². The highest BCUT2D eigenvalue weighted by molar-refractivity contribution is 7.13. The summed E-state index contributed by atoms with van der Waals surface area (Å²) in [4.78, 5) is 1.26. The van der Waals surface area contributed by atoms with Crippen LogP contribution in [0.25, 0.3) is 10.4 Å². The van der Waals surface area contributed by atoms with Crippen LogP contribution < -0.4 is 0 Å². The van der Waals surface area contributed by atoms with Gasteiger partial charge in [0.15, 0.2) is 0 Å². The second-order valence-electron chi connectivity index (χ2n) is 1.96. The number of thiophene rings is 1. The number of aromatic amines is 1. The lowest BCUT2D eigenvalue weighted by atomic mass is 10.3. The van der Waals surface area contributed by atoms with Crippen molar-refractivity contribution >= 4 is 11.3 Å². The van der Waals surface area contributed by atoms with Crippen molar-refractivity contribution in [3.63, 3.8) is 0 Å². The smallest absolute Gasteiger partial charge is 0.0573 e. The first kappa shape index (κ1) is 5.68. The minimum Gasteiger partial charge on any atom is -0.285 e. The van der Waals surface area contributed by atoms with Crippen molar-refractivity contribution < 1.29 is 0 Å². The van der Waals surface area contributed by atoms with Gasteiger partial charge in [0.2, 0.25) is 0 Å². The Labute approximate surface area is 62.5 Å². The van der Waals surface area contributed by atoms with Crippen LogP contribution in [0.3, 0.4) is 0 Å². The highest BCUT2D eigenvalue weighted by Gasteiger charge is 1.96. The Morgan fingerprint density at radius 3 is 3.10 bits per heavy atom. The van der Waals surface area contributed by atoms with Crippen LogP contribution in [0.5, 0.6) is 0 Å². The number of nitrogens with one attached hydrogen (secondary N) is 1. The molecule has 0 amide bonds. The number of H-pyrrole nitrogens is 1. The summed E-state index contributed by atoms with van der Waals surface area (Å²) in [5.74, 6) is 0. The van der Waals surface area contributed by atoms with Crippen molar-refractivity contribution in [2.24, 2.45) is 0 Å². The molecule has 0 saturated carbocycles. The van der Waals surface area contributed by atoms with E-state index in [1.54, 1.807) is 11.3 Å². The molecule has 0 unspecified atom stereocenters. The Morgan fingerprint density at radius 1 is 1.50 bits per heavy atom. The van der Waals surface area contributed by atoms with Gasteiger partial charge < -0.3 is 0 Å². The van der Waals surface area contributed by atoms with Crippen LogP contribution in [-0.4, -0.2) is 10.2 Å². The van der Waals surface area contributed by atoms with E-state index in [1.807, 2.05) is 18.5 Å². The lowest BCUT2D eigenvalue weighted by Crippen LogP contribution is -1.59.